The van der Waals surface area contributed by atoms with Crippen LogP contribution in [-0.2, 0) is 6.54 Å². The molecule has 0 fully saturated rings. The summed E-state index contributed by atoms with van der Waals surface area (Å²) in [6.45, 7) is 3.53. The number of nitrogens with one attached hydrogen (secondary N) is 1. The molecular formula is C23H26N6O. The van der Waals surface area contributed by atoms with Gasteiger partial charge in [0.1, 0.15) is 12.7 Å². The second-order valence-electron chi connectivity index (χ2n) is 7.37. The zero-order valence-electron chi connectivity index (χ0n) is 17.3. The van der Waals surface area contributed by atoms with Crippen LogP contribution in [0.2, 0.25) is 0 Å². The predicted molar refractivity (Wildman–Crippen MR) is 117 cm³/mol. The number of carbonyl (C=O) groups is 1. The fourth-order valence-corrected chi connectivity index (χ4v) is 3.55. The highest BCUT2D eigenvalue weighted by Gasteiger charge is 2.17. The van der Waals surface area contributed by atoms with Crippen LogP contribution in [0.5, 0.6) is 0 Å². The van der Waals surface area contributed by atoms with Crippen molar-refractivity contribution in [1.29, 1.82) is 0 Å². The van der Waals surface area contributed by atoms with Crippen molar-refractivity contribution in [3.63, 3.8) is 0 Å². The number of amides is 2. The number of carbonyl (C=O) groups excluding carboxylic acids is 1. The maximum Gasteiger partial charge on any atom is 0.317 e. The van der Waals surface area contributed by atoms with Crippen molar-refractivity contribution < 1.29 is 4.79 Å². The average molecular weight is 403 g/mol. The van der Waals surface area contributed by atoms with Crippen LogP contribution >= 0.6 is 0 Å². The quantitative estimate of drug-likeness (QED) is 0.475. The van der Waals surface area contributed by atoms with Crippen LogP contribution < -0.4 is 5.32 Å². The molecule has 0 bridgehead atoms. The minimum atomic E-state index is -0.0692. The maximum atomic E-state index is 12.6. The van der Waals surface area contributed by atoms with Gasteiger partial charge in [-0.05, 0) is 48.6 Å². The molecule has 4 aromatic rings. The Balaban J connectivity index is 1.27. The van der Waals surface area contributed by atoms with Crippen LogP contribution in [0.25, 0.3) is 16.6 Å². The number of benzene rings is 2. The number of urea groups is 1. The van der Waals surface area contributed by atoms with Gasteiger partial charge in [0.05, 0.1) is 11.7 Å². The van der Waals surface area contributed by atoms with Gasteiger partial charge in [-0.15, -0.1) is 0 Å². The summed E-state index contributed by atoms with van der Waals surface area (Å²) in [5.74, 6) is 0. The first-order chi connectivity index (χ1) is 14.6. The van der Waals surface area contributed by atoms with Crippen LogP contribution in [0.3, 0.4) is 0 Å². The minimum absolute atomic E-state index is 0.0387. The van der Waals surface area contributed by atoms with Crippen molar-refractivity contribution in [2.45, 2.75) is 25.9 Å². The topological polar surface area (TPSA) is 68.0 Å². The Bertz CT molecular complexity index is 1100. The van der Waals surface area contributed by atoms with Crippen LogP contribution in [-0.4, -0.2) is 43.9 Å². The molecule has 0 aliphatic heterocycles. The molecule has 30 heavy (non-hydrogen) atoms. The number of rotatable bonds is 7. The van der Waals surface area contributed by atoms with Crippen LogP contribution in [0.4, 0.5) is 4.79 Å². The highest BCUT2D eigenvalue weighted by atomic mass is 16.2. The molecule has 0 saturated carbocycles. The first-order valence-electron chi connectivity index (χ1n) is 10.1. The van der Waals surface area contributed by atoms with Crippen molar-refractivity contribution in [2.24, 2.45) is 0 Å². The third-order valence-corrected chi connectivity index (χ3v) is 5.49. The number of hydrogen-bond acceptors (Lipinski definition) is 3. The maximum absolute atomic E-state index is 12.6. The summed E-state index contributed by atoms with van der Waals surface area (Å²) in [5.41, 5.74) is 3.23. The molecule has 2 amide bonds. The molecule has 1 N–H and O–H groups in total. The number of hydrogen-bond donors (Lipinski definition) is 1. The van der Waals surface area contributed by atoms with Crippen molar-refractivity contribution in [3.8, 4) is 5.69 Å². The Morgan fingerprint density at radius 3 is 2.70 bits per heavy atom. The van der Waals surface area contributed by atoms with Crippen molar-refractivity contribution in [3.05, 3.63) is 79.0 Å². The smallest absolute Gasteiger partial charge is 0.317 e. The molecule has 1 atom stereocenters. The Hall–Kier alpha value is -3.61. The molecule has 0 radical (unpaired) electrons. The van der Waals surface area contributed by atoms with Crippen LogP contribution in [0.1, 0.15) is 24.9 Å². The molecule has 7 nitrogen and oxygen atoms in total. The zero-order valence-corrected chi connectivity index (χ0v) is 17.3. The number of aryl methyl sites for hydroxylation is 1. The van der Waals surface area contributed by atoms with Gasteiger partial charge in [0.15, 0.2) is 0 Å². The molecule has 2 heterocycles. The van der Waals surface area contributed by atoms with Crippen molar-refractivity contribution in [2.75, 3.05) is 13.6 Å². The molecule has 0 saturated heterocycles. The summed E-state index contributed by atoms with van der Waals surface area (Å²) < 4.78 is 3.93. The van der Waals surface area contributed by atoms with E-state index in [0.717, 1.165) is 24.2 Å². The molecule has 154 valence electrons. The largest absolute Gasteiger partial charge is 0.347 e. The normalized spacial score (nSPS) is 12.1. The molecule has 1 unspecified atom stereocenters. The number of fused-ring (bicyclic) bond motifs is 1. The molecule has 2 aromatic heterocycles. The minimum Gasteiger partial charge on any atom is -0.347 e. The summed E-state index contributed by atoms with van der Waals surface area (Å²) in [5, 5.41) is 8.40. The van der Waals surface area contributed by atoms with Gasteiger partial charge in [-0.1, -0.05) is 30.3 Å². The summed E-state index contributed by atoms with van der Waals surface area (Å²) in [4.78, 5) is 18.3. The summed E-state index contributed by atoms with van der Waals surface area (Å²) in [6.07, 6.45) is 6.14. The van der Waals surface area contributed by atoms with E-state index in [1.807, 2.05) is 44.3 Å². The third-order valence-electron chi connectivity index (χ3n) is 5.49. The highest BCUT2D eigenvalue weighted by molar-refractivity contribution is 5.79. The van der Waals surface area contributed by atoms with Gasteiger partial charge >= 0.3 is 6.03 Å². The SMILES string of the molecule is CC(c1ccc(-n2cncn2)cc1)N(C)C(=O)NCCCn1ccc2ccccc21. The van der Waals surface area contributed by atoms with E-state index in [1.165, 1.54) is 17.2 Å². The second-order valence-corrected chi connectivity index (χ2v) is 7.37. The highest BCUT2D eigenvalue weighted by Crippen LogP contribution is 2.20. The predicted octanol–water partition coefficient (Wildman–Crippen LogP) is 4.01. The van der Waals surface area contributed by atoms with E-state index in [9.17, 15) is 4.79 Å². The molecule has 0 aliphatic rings. The Morgan fingerprint density at radius 2 is 1.93 bits per heavy atom. The Morgan fingerprint density at radius 1 is 1.13 bits per heavy atom. The van der Waals surface area contributed by atoms with E-state index < -0.39 is 0 Å². The van der Waals surface area contributed by atoms with Gasteiger partial charge < -0.3 is 14.8 Å². The van der Waals surface area contributed by atoms with Gasteiger partial charge in [0.25, 0.3) is 0 Å². The lowest BCUT2D eigenvalue weighted by atomic mass is 10.1. The van der Waals surface area contributed by atoms with Gasteiger partial charge in [0, 0.05) is 31.9 Å². The number of aromatic nitrogens is 4. The molecule has 0 aliphatic carbocycles. The van der Waals surface area contributed by atoms with E-state index in [0.29, 0.717) is 6.54 Å². The van der Waals surface area contributed by atoms with E-state index in [2.05, 4.69) is 50.4 Å². The van der Waals surface area contributed by atoms with E-state index >= 15 is 0 Å². The Labute approximate surface area is 175 Å². The molecular weight excluding hydrogens is 376 g/mol. The van der Waals surface area contributed by atoms with Gasteiger partial charge in [0.2, 0.25) is 0 Å². The van der Waals surface area contributed by atoms with E-state index in [-0.39, 0.29) is 12.1 Å². The standard InChI is InChI=1S/C23H26N6O/c1-18(19-8-10-21(11-9-19)29-17-24-16-26-29)27(2)23(30)25-13-5-14-28-15-12-20-6-3-4-7-22(20)28/h3-4,6-12,15-18H,5,13-14H2,1-2H3,(H,25,30). The van der Waals surface area contributed by atoms with E-state index in [1.54, 1.807) is 15.9 Å². The third kappa shape index (κ3) is 4.20. The molecule has 0 spiro atoms. The molecule has 7 heteroatoms. The van der Waals surface area contributed by atoms with Crippen molar-refractivity contribution >= 4 is 16.9 Å². The number of para-hydroxylation sites is 1. The van der Waals surface area contributed by atoms with Crippen LogP contribution in [0, 0.1) is 0 Å². The van der Waals surface area contributed by atoms with Gasteiger partial charge in [-0.2, -0.15) is 5.10 Å². The van der Waals surface area contributed by atoms with Crippen molar-refractivity contribution in [1.82, 2.24) is 29.5 Å². The number of nitrogens with zero attached hydrogens (tertiary/aromatic N) is 5. The van der Waals surface area contributed by atoms with E-state index in [4.69, 9.17) is 0 Å². The van der Waals surface area contributed by atoms with Crippen LogP contribution in [0.15, 0.2) is 73.4 Å². The van der Waals surface area contributed by atoms with Gasteiger partial charge in [-0.3, -0.25) is 0 Å². The summed E-state index contributed by atoms with van der Waals surface area (Å²) >= 11 is 0. The van der Waals surface area contributed by atoms with Gasteiger partial charge in [-0.25, -0.2) is 14.5 Å². The monoisotopic (exact) mass is 402 g/mol. The lowest BCUT2D eigenvalue weighted by Gasteiger charge is -2.26. The fourth-order valence-electron chi connectivity index (χ4n) is 3.55. The Kier molecular flexibility index (Phi) is 5.79. The lowest BCUT2D eigenvalue weighted by Crippen LogP contribution is -2.39. The summed E-state index contributed by atoms with van der Waals surface area (Å²) in [6, 6.07) is 18.3. The summed E-state index contributed by atoms with van der Waals surface area (Å²) in [7, 11) is 1.82. The first kappa shape index (κ1) is 19.7. The second kappa shape index (κ2) is 8.82. The first-order valence-corrected chi connectivity index (χ1v) is 10.1. The zero-order chi connectivity index (χ0) is 20.9. The molecule has 4 rings (SSSR count). The fraction of sp³-hybridized carbons (Fsp3) is 0.261. The molecule has 2 aromatic carbocycles. The lowest BCUT2D eigenvalue weighted by molar-refractivity contribution is 0.194. The average Bonchev–Trinajstić information content (AvgIpc) is 3.46.